The zero-order valence-electron chi connectivity index (χ0n) is 9.36. The zero-order chi connectivity index (χ0) is 10.5. The van der Waals surface area contributed by atoms with Crippen LogP contribution in [0.2, 0.25) is 6.32 Å². The first kappa shape index (κ1) is 11.1. The molecular weight excluding hydrogens is 201 g/mol. The second-order valence-electron chi connectivity index (χ2n) is 4.32. The predicted molar refractivity (Wildman–Crippen MR) is 70.4 cm³/mol. The third kappa shape index (κ3) is 3.58. The smallest absolute Gasteiger partial charge is 0.224 e. The molecule has 1 fully saturated rings. The first-order valence-electron chi connectivity index (χ1n) is 5.68. The number of benzene rings is 1. The Kier molecular flexibility index (Phi) is 4.15. The average molecular weight is 219 g/mol. The van der Waals surface area contributed by atoms with Crippen molar-refractivity contribution in [1.29, 1.82) is 0 Å². The van der Waals surface area contributed by atoms with Gasteiger partial charge in [0, 0.05) is 5.75 Å². The molecular formula is C12H18BNS. The lowest BCUT2D eigenvalue weighted by molar-refractivity contribution is 0.370. The highest BCUT2D eigenvalue weighted by Crippen LogP contribution is 2.22. The Bertz CT molecular complexity index is 291. The Labute approximate surface area is 97.2 Å². The van der Waals surface area contributed by atoms with Crippen LogP contribution in [0.1, 0.15) is 12.0 Å². The molecule has 1 aliphatic heterocycles. The first-order chi connectivity index (χ1) is 7.34. The summed E-state index contributed by atoms with van der Waals surface area (Å²) < 4.78 is 0. The van der Waals surface area contributed by atoms with Crippen molar-refractivity contribution >= 4 is 17.6 Å². The van der Waals surface area contributed by atoms with E-state index in [0.717, 1.165) is 5.99 Å². The highest BCUT2D eigenvalue weighted by molar-refractivity contribution is 8.25. The summed E-state index contributed by atoms with van der Waals surface area (Å²) >= 11 is 2.11. The summed E-state index contributed by atoms with van der Waals surface area (Å²) in [5, 5.41) is 0. The van der Waals surface area contributed by atoms with Gasteiger partial charge in [-0.2, -0.15) is 0 Å². The number of hydrogen-bond donors (Lipinski definition) is 0. The van der Waals surface area contributed by atoms with Gasteiger partial charge in [0.15, 0.2) is 0 Å². The SMILES string of the molecule is CN1CCCB(SCc2ccccc2)C1. The normalized spacial score (nSPS) is 18.1. The summed E-state index contributed by atoms with van der Waals surface area (Å²) in [5.41, 5.74) is 1.45. The van der Waals surface area contributed by atoms with Crippen LogP contribution in [0.5, 0.6) is 0 Å². The molecule has 0 unspecified atom stereocenters. The Balaban J connectivity index is 1.78. The van der Waals surface area contributed by atoms with Crippen LogP contribution < -0.4 is 0 Å². The minimum atomic E-state index is 0.837. The lowest BCUT2D eigenvalue weighted by Gasteiger charge is -2.27. The van der Waals surface area contributed by atoms with Crippen LogP contribution in [0.25, 0.3) is 0 Å². The van der Waals surface area contributed by atoms with E-state index in [2.05, 4.69) is 53.9 Å². The molecule has 0 bridgehead atoms. The third-order valence-electron chi connectivity index (χ3n) is 2.91. The second-order valence-corrected chi connectivity index (χ2v) is 5.61. The van der Waals surface area contributed by atoms with Crippen LogP contribution >= 0.6 is 11.6 Å². The first-order valence-corrected chi connectivity index (χ1v) is 6.73. The largest absolute Gasteiger partial charge is 0.313 e. The minimum Gasteiger partial charge on any atom is -0.313 e. The molecule has 0 atom stereocenters. The van der Waals surface area contributed by atoms with Crippen LogP contribution in [0.15, 0.2) is 30.3 Å². The molecule has 1 saturated heterocycles. The highest BCUT2D eigenvalue weighted by Gasteiger charge is 2.20. The van der Waals surface area contributed by atoms with Crippen molar-refractivity contribution in [2.75, 3.05) is 20.0 Å². The lowest BCUT2D eigenvalue weighted by Crippen LogP contribution is -2.36. The topological polar surface area (TPSA) is 3.24 Å². The standard InChI is InChI=1S/C12H18BNS/c1-14-9-5-8-13(11-14)15-10-12-6-3-2-4-7-12/h2-4,6-7H,5,8-11H2,1H3. The number of rotatable bonds is 3. The lowest BCUT2D eigenvalue weighted by atomic mass is 9.68. The summed E-state index contributed by atoms with van der Waals surface area (Å²) in [6.07, 6.45) is 4.02. The number of hydrogen-bond acceptors (Lipinski definition) is 2. The maximum atomic E-state index is 2.45. The van der Waals surface area contributed by atoms with Gasteiger partial charge in [0.05, 0.1) is 0 Å². The molecule has 0 aliphatic carbocycles. The fourth-order valence-electron chi connectivity index (χ4n) is 2.04. The van der Waals surface area contributed by atoms with Gasteiger partial charge in [0.2, 0.25) is 5.99 Å². The molecule has 1 aliphatic rings. The summed E-state index contributed by atoms with van der Waals surface area (Å²) in [6.45, 7) is 1.28. The molecule has 0 spiro atoms. The van der Waals surface area contributed by atoms with Crippen molar-refractivity contribution in [3.8, 4) is 0 Å². The zero-order valence-corrected chi connectivity index (χ0v) is 10.2. The van der Waals surface area contributed by atoms with Gasteiger partial charge in [-0.15, -0.1) is 0 Å². The van der Waals surface area contributed by atoms with Crippen molar-refractivity contribution < 1.29 is 0 Å². The van der Waals surface area contributed by atoms with Crippen LogP contribution in [0.3, 0.4) is 0 Å². The molecule has 80 valence electrons. The second kappa shape index (κ2) is 5.62. The van der Waals surface area contributed by atoms with Crippen molar-refractivity contribution in [3.63, 3.8) is 0 Å². The molecule has 0 aromatic heterocycles. The summed E-state index contributed by atoms with van der Waals surface area (Å²) in [5.74, 6) is 2.00. The van der Waals surface area contributed by atoms with E-state index in [1.54, 1.807) is 0 Å². The van der Waals surface area contributed by atoms with E-state index >= 15 is 0 Å². The Morgan fingerprint density at radius 3 is 2.87 bits per heavy atom. The van der Waals surface area contributed by atoms with Crippen molar-refractivity contribution in [3.05, 3.63) is 35.9 Å². The van der Waals surface area contributed by atoms with Gasteiger partial charge in [0.1, 0.15) is 0 Å². The number of nitrogens with zero attached hydrogens (tertiary/aromatic N) is 1. The minimum absolute atomic E-state index is 0.837. The van der Waals surface area contributed by atoms with Gasteiger partial charge in [-0.3, -0.25) is 0 Å². The summed E-state index contributed by atoms with van der Waals surface area (Å²) in [6, 6.07) is 10.8. The third-order valence-corrected chi connectivity index (χ3v) is 4.27. The Hall–Kier alpha value is -0.405. The molecule has 1 aromatic rings. The molecule has 0 radical (unpaired) electrons. The molecule has 1 nitrogen and oxygen atoms in total. The van der Waals surface area contributed by atoms with E-state index in [0.29, 0.717) is 0 Å². The van der Waals surface area contributed by atoms with Gasteiger partial charge in [0.25, 0.3) is 0 Å². The molecule has 1 aromatic carbocycles. The molecule has 3 heteroatoms. The molecule has 15 heavy (non-hydrogen) atoms. The molecule has 0 saturated carbocycles. The van der Waals surface area contributed by atoms with E-state index in [4.69, 9.17) is 0 Å². The fourth-order valence-corrected chi connectivity index (χ4v) is 3.36. The molecule has 0 amide bonds. The van der Waals surface area contributed by atoms with Crippen molar-refractivity contribution in [1.82, 2.24) is 4.90 Å². The fraction of sp³-hybridized carbons (Fsp3) is 0.500. The van der Waals surface area contributed by atoms with Gasteiger partial charge in [-0.1, -0.05) is 36.7 Å². The maximum absolute atomic E-state index is 2.45. The average Bonchev–Trinajstić information content (AvgIpc) is 2.28. The predicted octanol–water partition coefficient (Wildman–Crippen LogP) is 2.79. The highest BCUT2D eigenvalue weighted by atomic mass is 32.2. The van der Waals surface area contributed by atoms with E-state index < -0.39 is 0 Å². The van der Waals surface area contributed by atoms with Crippen LogP contribution in [0, 0.1) is 0 Å². The van der Waals surface area contributed by atoms with E-state index in [1.165, 1.54) is 37.0 Å². The Morgan fingerprint density at radius 2 is 2.13 bits per heavy atom. The summed E-state index contributed by atoms with van der Waals surface area (Å²) in [4.78, 5) is 2.45. The Morgan fingerprint density at radius 1 is 1.33 bits per heavy atom. The van der Waals surface area contributed by atoms with Gasteiger partial charge < -0.3 is 4.90 Å². The van der Waals surface area contributed by atoms with E-state index in [9.17, 15) is 0 Å². The van der Waals surface area contributed by atoms with Gasteiger partial charge in [-0.25, -0.2) is 11.6 Å². The van der Waals surface area contributed by atoms with Crippen LogP contribution in [-0.2, 0) is 5.75 Å². The van der Waals surface area contributed by atoms with Crippen molar-refractivity contribution in [2.24, 2.45) is 0 Å². The van der Waals surface area contributed by atoms with Gasteiger partial charge >= 0.3 is 0 Å². The van der Waals surface area contributed by atoms with Crippen molar-refractivity contribution in [2.45, 2.75) is 18.5 Å². The molecule has 2 rings (SSSR count). The quantitative estimate of drug-likeness (QED) is 0.719. The monoisotopic (exact) mass is 219 g/mol. The van der Waals surface area contributed by atoms with E-state index in [1.807, 2.05) is 0 Å². The summed E-state index contributed by atoms with van der Waals surface area (Å²) in [7, 11) is 2.23. The maximum Gasteiger partial charge on any atom is 0.224 e. The van der Waals surface area contributed by atoms with Crippen LogP contribution in [0.4, 0.5) is 0 Å². The van der Waals surface area contributed by atoms with Crippen LogP contribution in [-0.4, -0.2) is 30.9 Å². The van der Waals surface area contributed by atoms with Gasteiger partial charge in [-0.05, 0) is 32.0 Å². The molecule has 1 heterocycles. The van der Waals surface area contributed by atoms with E-state index in [-0.39, 0.29) is 0 Å². The molecule has 0 N–H and O–H groups in total.